The summed E-state index contributed by atoms with van der Waals surface area (Å²) in [6.07, 6.45) is 1.24. The maximum Gasteiger partial charge on any atom is 0.215 e. The van der Waals surface area contributed by atoms with Gasteiger partial charge < -0.3 is 13.5 Å². The van der Waals surface area contributed by atoms with Crippen LogP contribution in [-0.4, -0.2) is 60.4 Å². The Bertz CT molecular complexity index is 297. The molecule has 0 radical (unpaired) electrons. The zero-order valence-electron chi connectivity index (χ0n) is 15.1. The maximum absolute atomic E-state index is 6.13. The number of nitrogens with zero attached hydrogens (tertiary/aromatic N) is 1. The first kappa shape index (κ1) is 20.0. The molecular weight excluding hydrogens is 347 g/mol. The standard InChI is InChI=1S/C12H35NO3Si5/c1-19(2,3)15-13(16-20(4,5)6)9-8-11-21(7)12-10-14-17-18-21/h8-12,17-18H2,1-7H3. The third-order valence-electron chi connectivity index (χ3n) is 3.57. The smallest absolute Gasteiger partial charge is 0.215 e. The van der Waals surface area contributed by atoms with Crippen molar-refractivity contribution >= 4 is 42.1 Å². The van der Waals surface area contributed by atoms with Crippen molar-refractivity contribution in [3.63, 3.8) is 0 Å². The van der Waals surface area contributed by atoms with Crippen LogP contribution in [0.2, 0.25) is 57.9 Å². The van der Waals surface area contributed by atoms with Gasteiger partial charge >= 0.3 is 0 Å². The van der Waals surface area contributed by atoms with Crippen LogP contribution < -0.4 is 0 Å². The Hall–Kier alpha value is 0.924. The van der Waals surface area contributed by atoms with Crippen LogP contribution in [0.3, 0.4) is 0 Å². The second kappa shape index (κ2) is 8.15. The molecule has 0 aromatic heterocycles. The molecule has 0 spiro atoms. The summed E-state index contributed by atoms with van der Waals surface area (Å²) in [5.74, 6) is 0. The van der Waals surface area contributed by atoms with Crippen molar-refractivity contribution in [2.24, 2.45) is 0 Å². The number of rotatable bonds is 8. The Morgan fingerprint density at radius 1 is 1.10 bits per heavy atom. The van der Waals surface area contributed by atoms with E-state index in [1.54, 1.807) is 0 Å². The van der Waals surface area contributed by atoms with Crippen LogP contribution in [0.5, 0.6) is 0 Å². The Labute approximate surface area is 138 Å². The zero-order chi connectivity index (χ0) is 16.1. The van der Waals surface area contributed by atoms with Crippen molar-refractivity contribution in [1.29, 1.82) is 0 Å². The molecule has 0 aliphatic carbocycles. The van der Waals surface area contributed by atoms with Crippen molar-refractivity contribution in [3.8, 4) is 0 Å². The van der Waals surface area contributed by atoms with Crippen LogP contribution in [0, 0.1) is 0 Å². The van der Waals surface area contributed by atoms with Crippen LogP contribution in [0.15, 0.2) is 0 Å². The van der Waals surface area contributed by atoms with Crippen LogP contribution in [0.1, 0.15) is 6.42 Å². The predicted molar refractivity (Wildman–Crippen MR) is 104 cm³/mol. The van der Waals surface area contributed by atoms with Crippen LogP contribution in [-0.2, 0) is 13.5 Å². The van der Waals surface area contributed by atoms with E-state index in [0.717, 1.165) is 13.2 Å². The van der Waals surface area contributed by atoms with E-state index in [4.69, 9.17) is 13.5 Å². The van der Waals surface area contributed by atoms with Gasteiger partial charge in [-0.05, 0) is 51.7 Å². The summed E-state index contributed by atoms with van der Waals surface area (Å²) in [7, 11) is -3.93. The molecule has 126 valence electrons. The summed E-state index contributed by atoms with van der Waals surface area (Å²) in [5, 5.41) is 1.86. The largest absolute Gasteiger partial charge is 0.428 e. The molecule has 1 rings (SSSR count). The summed E-state index contributed by atoms with van der Waals surface area (Å²) in [6, 6.07) is 2.87. The fraction of sp³-hybridized carbons (Fsp3) is 1.00. The highest BCUT2D eigenvalue weighted by Gasteiger charge is 2.31. The van der Waals surface area contributed by atoms with Crippen molar-refractivity contribution in [2.45, 2.75) is 64.3 Å². The van der Waals surface area contributed by atoms with E-state index in [-0.39, 0.29) is 17.8 Å². The van der Waals surface area contributed by atoms with Gasteiger partial charge in [0.1, 0.15) is 9.28 Å². The fourth-order valence-corrected chi connectivity index (χ4v) is 23.1. The monoisotopic (exact) mass is 381 g/mol. The van der Waals surface area contributed by atoms with E-state index in [1.165, 1.54) is 18.5 Å². The highest BCUT2D eigenvalue weighted by Crippen LogP contribution is 2.21. The summed E-state index contributed by atoms with van der Waals surface area (Å²) in [6.45, 7) is 18.0. The summed E-state index contributed by atoms with van der Waals surface area (Å²) in [5.41, 5.74) is 0. The molecule has 0 saturated carbocycles. The first-order chi connectivity index (χ1) is 9.49. The van der Waals surface area contributed by atoms with Gasteiger partial charge in [-0.15, -0.1) is 0 Å². The number of hydrogen-bond donors (Lipinski definition) is 0. The highest BCUT2D eigenvalue weighted by molar-refractivity contribution is 7.42. The van der Waals surface area contributed by atoms with E-state index >= 15 is 0 Å². The van der Waals surface area contributed by atoms with Gasteiger partial charge in [-0.3, -0.25) is 0 Å². The molecule has 0 N–H and O–H groups in total. The molecule has 1 aliphatic heterocycles. The van der Waals surface area contributed by atoms with Gasteiger partial charge in [0.25, 0.3) is 0 Å². The second-order valence-corrected chi connectivity index (χ2v) is 35.6. The van der Waals surface area contributed by atoms with E-state index in [2.05, 4.69) is 45.8 Å². The third-order valence-corrected chi connectivity index (χ3v) is 30.0. The summed E-state index contributed by atoms with van der Waals surface area (Å²) < 4.78 is 18.0. The zero-order valence-corrected chi connectivity index (χ0v) is 21.0. The van der Waals surface area contributed by atoms with Crippen LogP contribution >= 0.6 is 0 Å². The lowest BCUT2D eigenvalue weighted by molar-refractivity contribution is -0.271. The molecule has 1 atom stereocenters. The van der Waals surface area contributed by atoms with Gasteiger partial charge in [0.2, 0.25) is 16.6 Å². The average molecular weight is 382 g/mol. The minimum Gasteiger partial charge on any atom is -0.428 e. The first-order valence-corrected chi connectivity index (χ1v) is 24.9. The van der Waals surface area contributed by atoms with Crippen LogP contribution in [0.4, 0.5) is 0 Å². The van der Waals surface area contributed by atoms with Crippen molar-refractivity contribution < 1.29 is 13.5 Å². The summed E-state index contributed by atoms with van der Waals surface area (Å²) >= 11 is 0. The molecule has 0 amide bonds. The molecule has 0 aromatic carbocycles. The fourth-order valence-electron chi connectivity index (χ4n) is 2.47. The van der Waals surface area contributed by atoms with Gasteiger partial charge in [0, 0.05) is 29.3 Å². The number of hydrogen-bond acceptors (Lipinski definition) is 4. The van der Waals surface area contributed by atoms with E-state index in [0.29, 0.717) is 0 Å². The van der Waals surface area contributed by atoms with Crippen LogP contribution in [0.25, 0.3) is 0 Å². The van der Waals surface area contributed by atoms with Crippen molar-refractivity contribution in [2.75, 3.05) is 13.2 Å². The number of hydroxylamine groups is 2. The third kappa shape index (κ3) is 9.61. The molecule has 4 nitrogen and oxygen atoms in total. The van der Waals surface area contributed by atoms with Gasteiger partial charge in [-0.2, -0.15) is 0 Å². The van der Waals surface area contributed by atoms with Gasteiger partial charge in [-0.1, -0.05) is 17.8 Å². The van der Waals surface area contributed by atoms with Gasteiger partial charge in [0.05, 0.1) is 0 Å². The molecule has 21 heavy (non-hydrogen) atoms. The van der Waals surface area contributed by atoms with Crippen molar-refractivity contribution in [1.82, 2.24) is 5.23 Å². The summed E-state index contributed by atoms with van der Waals surface area (Å²) in [4.78, 5) is 0. The molecule has 1 aliphatic rings. The molecule has 0 aromatic rings. The maximum atomic E-state index is 6.13. The van der Waals surface area contributed by atoms with Gasteiger partial charge in [-0.25, -0.2) is 0 Å². The van der Waals surface area contributed by atoms with Gasteiger partial charge in [0.15, 0.2) is 0 Å². The highest BCUT2D eigenvalue weighted by atomic mass is 29.6. The molecule has 1 unspecified atom stereocenters. The Morgan fingerprint density at radius 3 is 2.10 bits per heavy atom. The average Bonchev–Trinajstić information content (AvgIpc) is 2.24. The lowest BCUT2D eigenvalue weighted by Crippen LogP contribution is -2.48. The Kier molecular flexibility index (Phi) is 7.75. The van der Waals surface area contributed by atoms with E-state index in [1.807, 2.05) is 5.23 Å². The van der Waals surface area contributed by atoms with E-state index in [9.17, 15) is 0 Å². The topological polar surface area (TPSA) is 30.9 Å². The Morgan fingerprint density at radius 2 is 1.67 bits per heavy atom. The first-order valence-electron chi connectivity index (χ1n) is 8.23. The Balaban J connectivity index is 2.44. The molecule has 9 heteroatoms. The quantitative estimate of drug-likeness (QED) is 0.475. The minimum atomic E-state index is -1.60. The second-order valence-electron chi connectivity index (χ2n) is 8.49. The lowest BCUT2D eigenvalue weighted by Gasteiger charge is -2.35. The van der Waals surface area contributed by atoms with Crippen molar-refractivity contribution in [3.05, 3.63) is 0 Å². The predicted octanol–water partition coefficient (Wildman–Crippen LogP) is 1.98. The molecule has 1 fully saturated rings. The van der Waals surface area contributed by atoms with E-state index < -0.39 is 24.2 Å². The SMILES string of the molecule is C[Si](C)(C)ON(CCC[Si]1(C)CCO[SiH2][SiH2]1)O[Si](C)(C)C. The minimum absolute atomic E-state index is 0.0600. The normalized spacial score (nSPS) is 26.9. The molecule has 1 saturated heterocycles. The lowest BCUT2D eigenvalue weighted by atomic mass is 10.5. The molecule has 0 bridgehead atoms. The molecule has 1 heterocycles. The molecular formula is C12H35NO3Si5.